The molecule has 29 heavy (non-hydrogen) atoms. The van der Waals surface area contributed by atoms with E-state index in [0.717, 1.165) is 20.2 Å². The number of aromatic amines is 1. The highest BCUT2D eigenvalue weighted by atomic mass is 127. The minimum Gasteiger partial charge on any atom is -0.485 e. The van der Waals surface area contributed by atoms with Gasteiger partial charge < -0.3 is 19.6 Å². The molecule has 0 spiro atoms. The van der Waals surface area contributed by atoms with E-state index in [0.29, 0.717) is 23.9 Å². The maximum absolute atomic E-state index is 11.4. The Bertz CT molecular complexity index is 1140. The second-order valence-electron chi connectivity index (χ2n) is 6.34. The van der Waals surface area contributed by atoms with Crippen molar-refractivity contribution in [1.82, 2.24) is 9.97 Å². The summed E-state index contributed by atoms with van der Waals surface area (Å²) in [5.41, 5.74) is 2.95. The summed E-state index contributed by atoms with van der Waals surface area (Å²) in [5.74, 6) is 0.493. The van der Waals surface area contributed by atoms with Gasteiger partial charge >= 0.3 is 5.97 Å². The number of H-pyrrole nitrogens is 1. The smallest absolute Gasteiger partial charge is 0.335 e. The monoisotopic (exact) mass is 500 g/mol. The maximum Gasteiger partial charge on any atom is 0.335 e. The van der Waals surface area contributed by atoms with E-state index in [1.807, 2.05) is 48.5 Å². The van der Waals surface area contributed by atoms with Crippen molar-refractivity contribution < 1.29 is 19.4 Å². The van der Waals surface area contributed by atoms with Crippen molar-refractivity contribution in [1.29, 1.82) is 0 Å². The normalized spacial score (nSPS) is 10.8. The Morgan fingerprint density at radius 1 is 0.966 bits per heavy atom. The van der Waals surface area contributed by atoms with Crippen LogP contribution < -0.4 is 9.47 Å². The summed E-state index contributed by atoms with van der Waals surface area (Å²) < 4.78 is 12.9. The second-order valence-corrected chi connectivity index (χ2v) is 7.50. The number of para-hydroxylation sites is 2. The van der Waals surface area contributed by atoms with Gasteiger partial charge in [-0.2, -0.15) is 0 Å². The van der Waals surface area contributed by atoms with Gasteiger partial charge in [0.25, 0.3) is 0 Å². The van der Waals surface area contributed by atoms with Crippen LogP contribution in [-0.4, -0.2) is 21.0 Å². The lowest BCUT2D eigenvalue weighted by Gasteiger charge is -2.13. The Kier molecular flexibility index (Phi) is 5.66. The molecule has 4 rings (SSSR count). The molecule has 0 unspecified atom stereocenters. The highest BCUT2D eigenvalue weighted by Gasteiger charge is 2.13. The fourth-order valence-electron chi connectivity index (χ4n) is 2.86. The Labute approximate surface area is 180 Å². The fourth-order valence-corrected chi connectivity index (χ4v) is 3.41. The van der Waals surface area contributed by atoms with Crippen LogP contribution in [0.5, 0.6) is 11.5 Å². The van der Waals surface area contributed by atoms with Crippen LogP contribution in [0.1, 0.15) is 21.7 Å². The first-order chi connectivity index (χ1) is 14.1. The van der Waals surface area contributed by atoms with Crippen LogP contribution in [0.3, 0.4) is 0 Å². The predicted molar refractivity (Wildman–Crippen MR) is 117 cm³/mol. The highest BCUT2D eigenvalue weighted by molar-refractivity contribution is 14.1. The zero-order valence-corrected chi connectivity index (χ0v) is 17.4. The van der Waals surface area contributed by atoms with Crippen molar-refractivity contribution in [3.63, 3.8) is 0 Å². The molecule has 0 aliphatic heterocycles. The van der Waals surface area contributed by atoms with Gasteiger partial charge in [0.15, 0.2) is 11.5 Å². The zero-order valence-electron chi connectivity index (χ0n) is 15.3. The molecule has 0 saturated heterocycles. The summed E-state index contributed by atoms with van der Waals surface area (Å²) in [6.45, 7) is 0.517. The molecule has 0 aliphatic rings. The molecular formula is C22H17IN2O4. The SMILES string of the molecule is O=C(O)c1ccc(OCc2nc3ccccc3[nH]2)c(OCc2ccccc2I)c1. The first-order valence-corrected chi connectivity index (χ1v) is 9.98. The summed E-state index contributed by atoms with van der Waals surface area (Å²) in [6.07, 6.45) is 0. The van der Waals surface area contributed by atoms with E-state index in [4.69, 9.17) is 9.47 Å². The summed E-state index contributed by atoms with van der Waals surface area (Å²) in [6, 6.07) is 20.2. The molecule has 3 aromatic carbocycles. The van der Waals surface area contributed by atoms with Crippen molar-refractivity contribution in [2.75, 3.05) is 0 Å². The standard InChI is InChI=1S/C22H17IN2O4/c23-16-6-2-1-5-15(16)12-28-20-11-14(22(26)27)9-10-19(20)29-13-21-24-17-7-3-4-8-18(17)25-21/h1-11H,12-13H2,(H,24,25)(H,26,27). The van der Waals surface area contributed by atoms with Crippen molar-refractivity contribution in [2.24, 2.45) is 0 Å². The summed E-state index contributed by atoms with van der Waals surface area (Å²) in [4.78, 5) is 19.1. The average Bonchev–Trinajstić information content (AvgIpc) is 3.15. The largest absolute Gasteiger partial charge is 0.485 e. The van der Waals surface area contributed by atoms with Gasteiger partial charge in [-0.3, -0.25) is 0 Å². The van der Waals surface area contributed by atoms with Crippen molar-refractivity contribution in [2.45, 2.75) is 13.2 Å². The van der Waals surface area contributed by atoms with Crippen molar-refractivity contribution in [3.05, 3.63) is 87.3 Å². The third-order valence-corrected chi connectivity index (χ3v) is 5.39. The minimum atomic E-state index is -1.02. The van der Waals surface area contributed by atoms with Crippen LogP contribution in [0, 0.1) is 3.57 Å². The summed E-state index contributed by atoms with van der Waals surface area (Å²) >= 11 is 2.24. The number of fused-ring (bicyclic) bond motifs is 1. The number of ether oxygens (including phenoxy) is 2. The van der Waals surface area contributed by atoms with Crippen LogP contribution in [-0.2, 0) is 13.2 Å². The van der Waals surface area contributed by atoms with Crippen molar-refractivity contribution in [3.8, 4) is 11.5 Å². The molecule has 0 amide bonds. The third kappa shape index (κ3) is 4.51. The molecule has 2 N–H and O–H groups in total. The highest BCUT2D eigenvalue weighted by Crippen LogP contribution is 2.30. The van der Waals surface area contributed by atoms with Gasteiger partial charge in [0.2, 0.25) is 0 Å². The van der Waals surface area contributed by atoms with Gasteiger partial charge in [0.05, 0.1) is 16.6 Å². The Balaban J connectivity index is 1.54. The zero-order chi connectivity index (χ0) is 20.2. The van der Waals surface area contributed by atoms with Gasteiger partial charge in [-0.15, -0.1) is 0 Å². The topological polar surface area (TPSA) is 84.4 Å². The van der Waals surface area contributed by atoms with Gasteiger partial charge in [0, 0.05) is 9.13 Å². The van der Waals surface area contributed by atoms with E-state index in [2.05, 4.69) is 32.6 Å². The van der Waals surface area contributed by atoms with E-state index in [-0.39, 0.29) is 12.2 Å². The molecule has 7 heteroatoms. The van der Waals surface area contributed by atoms with E-state index >= 15 is 0 Å². The summed E-state index contributed by atoms with van der Waals surface area (Å²) in [5, 5.41) is 9.31. The molecule has 0 radical (unpaired) electrons. The van der Waals surface area contributed by atoms with Crippen LogP contribution in [0.15, 0.2) is 66.7 Å². The Morgan fingerprint density at radius 3 is 2.52 bits per heavy atom. The number of imidazole rings is 1. The molecule has 4 aromatic rings. The van der Waals surface area contributed by atoms with Gasteiger partial charge in [-0.25, -0.2) is 9.78 Å². The number of aromatic nitrogens is 2. The van der Waals surface area contributed by atoms with E-state index in [1.54, 1.807) is 6.07 Å². The van der Waals surface area contributed by atoms with E-state index in [9.17, 15) is 9.90 Å². The molecule has 146 valence electrons. The molecule has 0 atom stereocenters. The van der Waals surface area contributed by atoms with Crippen LogP contribution in [0.2, 0.25) is 0 Å². The van der Waals surface area contributed by atoms with Crippen LogP contribution in [0.25, 0.3) is 11.0 Å². The molecule has 6 nitrogen and oxygen atoms in total. The van der Waals surface area contributed by atoms with E-state index < -0.39 is 5.97 Å². The maximum atomic E-state index is 11.4. The summed E-state index contributed by atoms with van der Waals surface area (Å²) in [7, 11) is 0. The number of hydrogen-bond donors (Lipinski definition) is 2. The lowest BCUT2D eigenvalue weighted by atomic mass is 10.2. The van der Waals surface area contributed by atoms with Crippen LogP contribution in [0.4, 0.5) is 0 Å². The number of halogens is 1. The molecule has 0 bridgehead atoms. The molecule has 1 heterocycles. The number of nitrogens with zero attached hydrogens (tertiary/aromatic N) is 1. The molecule has 0 aliphatic carbocycles. The molecular weight excluding hydrogens is 483 g/mol. The minimum absolute atomic E-state index is 0.138. The lowest BCUT2D eigenvalue weighted by Crippen LogP contribution is -2.04. The quantitative estimate of drug-likeness (QED) is 0.348. The fraction of sp³-hybridized carbons (Fsp3) is 0.0909. The third-order valence-electron chi connectivity index (χ3n) is 4.33. The van der Waals surface area contributed by atoms with E-state index in [1.165, 1.54) is 12.1 Å². The number of benzene rings is 3. The first kappa shape index (κ1) is 19.3. The molecule has 1 aromatic heterocycles. The lowest BCUT2D eigenvalue weighted by molar-refractivity contribution is 0.0696. The van der Waals surface area contributed by atoms with Crippen LogP contribution >= 0.6 is 22.6 Å². The number of nitrogens with one attached hydrogen (secondary N) is 1. The Morgan fingerprint density at radius 2 is 1.72 bits per heavy atom. The first-order valence-electron chi connectivity index (χ1n) is 8.90. The van der Waals surface area contributed by atoms with Gasteiger partial charge in [0.1, 0.15) is 19.0 Å². The number of aromatic carboxylic acids is 1. The molecule has 0 fully saturated rings. The van der Waals surface area contributed by atoms with Gasteiger partial charge in [-0.05, 0) is 59.0 Å². The number of carboxylic acid groups (broad SMARTS) is 1. The number of hydrogen-bond acceptors (Lipinski definition) is 4. The van der Waals surface area contributed by atoms with Gasteiger partial charge in [-0.1, -0.05) is 30.3 Å². The number of rotatable bonds is 7. The molecule has 0 saturated carbocycles. The predicted octanol–water partition coefficient (Wildman–Crippen LogP) is 5.02. The average molecular weight is 500 g/mol. The van der Waals surface area contributed by atoms with Crippen molar-refractivity contribution >= 4 is 39.6 Å². The number of carboxylic acids is 1. The Hall–Kier alpha value is -3.07. The number of carbonyl (C=O) groups is 1. The second kappa shape index (κ2) is 8.52.